The van der Waals surface area contributed by atoms with Crippen LogP contribution in [0.4, 0.5) is 0 Å². The molecule has 2 aromatic carbocycles. The molecule has 0 amide bonds. The van der Waals surface area contributed by atoms with E-state index in [9.17, 15) is 0 Å². The fourth-order valence-electron chi connectivity index (χ4n) is 1.62. The second kappa shape index (κ2) is 5.58. The first-order valence-electron chi connectivity index (χ1n) is 5.02. The van der Waals surface area contributed by atoms with Gasteiger partial charge in [-0.15, -0.1) is 0 Å². The molecule has 2 rings (SSSR count). The van der Waals surface area contributed by atoms with E-state index >= 15 is 0 Å². The van der Waals surface area contributed by atoms with Crippen LogP contribution >= 0.6 is 46.4 Å². The van der Waals surface area contributed by atoms with Gasteiger partial charge in [0.25, 0.3) is 0 Å². The Morgan fingerprint density at radius 3 is 2.22 bits per heavy atom. The molecule has 0 saturated heterocycles. The van der Waals surface area contributed by atoms with Crippen LogP contribution in [0.3, 0.4) is 0 Å². The number of hydrogen-bond donors (Lipinski definition) is 0. The Labute approximate surface area is 125 Å². The molecule has 0 aliphatic rings. The molecule has 0 aliphatic heterocycles. The minimum absolute atomic E-state index is 0.317. The van der Waals surface area contributed by atoms with Gasteiger partial charge in [-0.1, -0.05) is 52.5 Å². The Hall–Kier alpha value is -0.600. The molecule has 0 N–H and O–H groups in total. The minimum atomic E-state index is 0.317. The number of halogens is 4. The molecule has 0 spiro atoms. The number of benzene rings is 2. The summed E-state index contributed by atoms with van der Waals surface area (Å²) in [5.41, 5.74) is 1.50. The van der Waals surface area contributed by atoms with E-state index in [4.69, 9.17) is 51.1 Å². The highest BCUT2D eigenvalue weighted by Crippen LogP contribution is 2.41. The third-order valence-corrected chi connectivity index (χ3v) is 4.02. The van der Waals surface area contributed by atoms with Crippen molar-refractivity contribution in [2.75, 3.05) is 7.11 Å². The zero-order valence-electron chi connectivity index (χ0n) is 9.31. The quantitative estimate of drug-likeness (QED) is 0.618. The van der Waals surface area contributed by atoms with Crippen LogP contribution in [-0.4, -0.2) is 7.11 Å². The van der Waals surface area contributed by atoms with Gasteiger partial charge >= 0.3 is 0 Å². The first-order valence-corrected chi connectivity index (χ1v) is 6.53. The summed E-state index contributed by atoms with van der Waals surface area (Å²) in [6.45, 7) is 0. The van der Waals surface area contributed by atoms with Crippen molar-refractivity contribution in [3.63, 3.8) is 0 Å². The van der Waals surface area contributed by atoms with E-state index in [1.54, 1.807) is 37.4 Å². The Bertz CT molecular complexity index is 596. The zero-order valence-corrected chi connectivity index (χ0v) is 12.3. The van der Waals surface area contributed by atoms with Gasteiger partial charge in [0.2, 0.25) is 0 Å². The standard InChI is InChI=1S/C13H8Cl4O/c1-18-11-5-2-7(14)6-9(11)8-3-4-10(15)13(17)12(8)16/h2-6H,1H3. The summed E-state index contributed by atoms with van der Waals surface area (Å²) in [5.74, 6) is 0.666. The van der Waals surface area contributed by atoms with Crippen LogP contribution in [0.5, 0.6) is 5.75 Å². The van der Waals surface area contributed by atoms with Crippen LogP contribution < -0.4 is 4.74 Å². The van der Waals surface area contributed by atoms with Crippen molar-refractivity contribution in [2.24, 2.45) is 0 Å². The maximum atomic E-state index is 6.20. The Morgan fingerprint density at radius 2 is 1.56 bits per heavy atom. The Balaban J connectivity index is 2.69. The molecule has 0 bridgehead atoms. The lowest BCUT2D eigenvalue weighted by Gasteiger charge is -2.12. The lowest BCUT2D eigenvalue weighted by molar-refractivity contribution is 0.416. The third-order valence-electron chi connectivity index (χ3n) is 2.49. The van der Waals surface area contributed by atoms with Crippen molar-refractivity contribution in [1.82, 2.24) is 0 Å². The molecule has 5 heteroatoms. The largest absolute Gasteiger partial charge is 0.496 e. The summed E-state index contributed by atoms with van der Waals surface area (Å²) in [4.78, 5) is 0. The number of methoxy groups -OCH3 is 1. The van der Waals surface area contributed by atoms with Gasteiger partial charge in [0, 0.05) is 16.1 Å². The van der Waals surface area contributed by atoms with E-state index in [0.29, 0.717) is 25.8 Å². The Morgan fingerprint density at radius 1 is 0.833 bits per heavy atom. The van der Waals surface area contributed by atoms with Crippen molar-refractivity contribution in [3.05, 3.63) is 50.4 Å². The summed E-state index contributed by atoms with van der Waals surface area (Å²) in [5, 5.41) is 1.70. The maximum Gasteiger partial charge on any atom is 0.126 e. The van der Waals surface area contributed by atoms with Gasteiger partial charge < -0.3 is 4.74 Å². The number of ether oxygens (including phenoxy) is 1. The summed E-state index contributed by atoms with van der Waals surface area (Å²) >= 11 is 24.1. The monoisotopic (exact) mass is 320 g/mol. The van der Waals surface area contributed by atoms with Gasteiger partial charge in [-0.05, 0) is 24.3 Å². The lowest BCUT2D eigenvalue weighted by Crippen LogP contribution is -1.89. The number of rotatable bonds is 2. The zero-order chi connectivity index (χ0) is 13.3. The van der Waals surface area contributed by atoms with Crippen LogP contribution in [0.15, 0.2) is 30.3 Å². The molecule has 0 aliphatic carbocycles. The second-order valence-corrected chi connectivity index (χ2v) is 5.17. The van der Waals surface area contributed by atoms with E-state index in [1.807, 2.05) is 0 Å². The van der Waals surface area contributed by atoms with Gasteiger partial charge in [0.05, 0.1) is 22.2 Å². The van der Waals surface area contributed by atoms with Gasteiger partial charge in [0.1, 0.15) is 5.75 Å². The Kier molecular flexibility index (Phi) is 4.29. The lowest BCUT2D eigenvalue weighted by atomic mass is 10.0. The molecule has 0 saturated carbocycles. The molecular weight excluding hydrogens is 314 g/mol. The van der Waals surface area contributed by atoms with Crippen LogP contribution in [-0.2, 0) is 0 Å². The van der Waals surface area contributed by atoms with Crippen molar-refractivity contribution >= 4 is 46.4 Å². The summed E-state index contributed by atoms with van der Waals surface area (Å²) in [6.07, 6.45) is 0. The summed E-state index contributed by atoms with van der Waals surface area (Å²) in [6, 6.07) is 8.76. The molecule has 0 aromatic heterocycles. The summed E-state index contributed by atoms with van der Waals surface area (Å²) in [7, 11) is 1.58. The number of hydrogen-bond acceptors (Lipinski definition) is 1. The minimum Gasteiger partial charge on any atom is -0.496 e. The summed E-state index contributed by atoms with van der Waals surface area (Å²) < 4.78 is 5.29. The topological polar surface area (TPSA) is 9.23 Å². The second-order valence-electron chi connectivity index (χ2n) is 3.57. The average Bonchev–Trinajstić information content (AvgIpc) is 2.36. The molecule has 0 unspecified atom stereocenters. The van der Waals surface area contributed by atoms with Crippen molar-refractivity contribution in [3.8, 4) is 16.9 Å². The van der Waals surface area contributed by atoms with Gasteiger partial charge in [-0.25, -0.2) is 0 Å². The first-order chi connectivity index (χ1) is 8.54. The molecule has 0 fully saturated rings. The van der Waals surface area contributed by atoms with Crippen LogP contribution in [0.1, 0.15) is 0 Å². The molecule has 0 atom stereocenters. The van der Waals surface area contributed by atoms with E-state index in [-0.39, 0.29) is 0 Å². The van der Waals surface area contributed by atoms with Crippen LogP contribution in [0.2, 0.25) is 20.1 Å². The highest BCUT2D eigenvalue weighted by atomic mass is 35.5. The predicted molar refractivity (Wildman–Crippen MR) is 78.5 cm³/mol. The molecule has 0 heterocycles. The third kappa shape index (κ3) is 2.55. The average molecular weight is 322 g/mol. The normalized spacial score (nSPS) is 10.5. The maximum absolute atomic E-state index is 6.20. The molecule has 94 valence electrons. The molecule has 0 radical (unpaired) electrons. The molecular formula is C13H8Cl4O. The van der Waals surface area contributed by atoms with Crippen LogP contribution in [0.25, 0.3) is 11.1 Å². The van der Waals surface area contributed by atoms with Gasteiger partial charge in [-0.3, -0.25) is 0 Å². The fourth-order valence-corrected chi connectivity index (χ4v) is 2.43. The van der Waals surface area contributed by atoms with Gasteiger partial charge in [-0.2, -0.15) is 0 Å². The van der Waals surface area contributed by atoms with Crippen molar-refractivity contribution in [2.45, 2.75) is 0 Å². The smallest absolute Gasteiger partial charge is 0.126 e. The van der Waals surface area contributed by atoms with E-state index in [0.717, 1.165) is 11.1 Å². The highest BCUT2D eigenvalue weighted by Gasteiger charge is 2.14. The fraction of sp³-hybridized carbons (Fsp3) is 0.0769. The first kappa shape index (κ1) is 13.8. The SMILES string of the molecule is COc1ccc(Cl)cc1-c1ccc(Cl)c(Cl)c1Cl. The van der Waals surface area contributed by atoms with Gasteiger partial charge in [0.15, 0.2) is 0 Å². The van der Waals surface area contributed by atoms with E-state index in [1.165, 1.54) is 0 Å². The van der Waals surface area contributed by atoms with E-state index < -0.39 is 0 Å². The van der Waals surface area contributed by atoms with Crippen molar-refractivity contribution in [1.29, 1.82) is 0 Å². The highest BCUT2D eigenvalue weighted by molar-refractivity contribution is 6.49. The van der Waals surface area contributed by atoms with E-state index in [2.05, 4.69) is 0 Å². The molecule has 2 aromatic rings. The molecule has 18 heavy (non-hydrogen) atoms. The predicted octanol–water partition coefficient (Wildman–Crippen LogP) is 5.98. The molecule has 1 nitrogen and oxygen atoms in total. The van der Waals surface area contributed by atoms with Crippen molar-refractivity contribution < 1.29 is 4.74 Å². The van der Waals surface area contributed by atoms with Crippen LogP contribution in [0, 0.1) is 0 Å².